The Kier molecular flexibility index (Phi) is 7.73. The van der Waals surface area contributed by atoms with Gasteiger partial charge in [-0.25, -0.2) is 0 Å². The van der Waals surface area contributed by atoms with Crippen LogP contribution in [-0.2, 0) is 9.53 Å². The maximum atomic E-state index is 11.1. The van der Waals surface area contributed by atoms with Gasteiger partial charge < -0.3 is 15.2 Å². The Morgan fingerprint density at radius 1 is 1.20 bits per heavy atom. The Balaban J connectivity index is 2.10. The average Bonchev–Trinajstić information content (AvgIpc) is 2.43. The van der Waals surface area contributed by atoms with E-state index in [1.807, 2.05) is 38.1 Å². The number of benzene rings is 1. The summed E-state index contributed by atoms with van der Waals surface area (Å²) in [6, 6.07) is 7.91. The number of unbranched alkanes of at least 4 members (excludes halogenated alkanes) is 2. The number of carbonyl (C=O) groups excluding carboxylic acids is 1. The minimum Gasteiger partial charge on any atom is -0.494 e. The fraction of sp³-hybridized carbons (Fsp3) is 0.562. The lowest BCUT2D eigenvalue weighted by Gasteiger charge is -2.09. The van der Waals surface area contributed by atoms with Gasteiger partial charge in [0.15, 0.2) is 0 Å². The van der Waals surface area contributed by atoms with Gasteiger partial charge in [-0.05, 0) is 50.8 Å². The zero-order valence-electron chi connectivity index (χ0n) is 12.4. The van der Waals surface area contributed by atoms with Gasteiger partial charge in [-0.2, -0.15) is 0 Å². The molecule has 1 atom stereocenters. The molecule has 4 heteroatoms. The molecule has 0 amide bonds. The third kappa shape index (κ3) is 6.57. The largest absolute Gasteiger partial charge is 0.494 e. The Bertz CT molecular complexity index is 387. The van der Waals surface area contributed by atoms with Gasteiger partial charge in [-0.15, -0.1) is 0 Å². The standard InChI is InChI=1S/C16H25NO3/c1-3-19-16(18)7-5-4-6-12-20-15-10-8-14(9-11-15)13(2)17/h8-11,13H,3-7,12,17H2,1-2H3/t13-/m1/s1. The topological polar surface area (TPSA) is 61.5 Å². The molecular weight excluding hydrogens is 254 g/mol. The molecule has 112 valence electrons. The molecule has 0 radical (unpaired) electrons. The average molecular weight is 279 g/mol. The van der Waals surface area contributed by atoms with Crippen molar-refractivity contribution in [2.24, 2.45) is 5.73 Å². The van der Waals surface area contributed by atoms with Crippen LogP contribution >= 0.6 is 0 Å². The Morgan fingerprint density at radius 2 is 1.90 bits per heavy atom. The van der Waals surface area contributed by atoms with Gasteiger partial charge >= 0.3 is 5.97 Å². The van der Waals surface area contributed by atoms with Crippen molar-refractivity contribution in [3.63, 3.8) is 0 Å². The maximum absolute atomic E-state index is 11.1. The first-order chi connectivity index (χ1) is 9.63. The molecule has 0 bridgehead atoms. The second kappa shape index (κ2) is 9.37. The highest BCUT2D eigenvalue weighted by molar-refractivity contribution is 5.69. The summed E-state index contributed by atoms with van der Waals surface area (Å²) in [6.07, 6.45) is 3.26. The van der Waals surface area contributed by atoms with Crippen molar-refractivity contribution in [1.29, 1.82) is 0 Å². The third-order valence-electron chi connectivity index (χ3n) is 3.01. The molecule has 0 aliphatic carbocycles. The first-order valence-corrected chi connectivity index (χ1v) is 7.27. The zero-order valence-corrected chi connectivity index (χ0v) is 12.4. The van der Waals surface area contributed by atoms with E-state index in [-0.39, 0.29) is 12.0 Å². The number of hydrogen-bond acceptors (Lipinski definition) is 4. The predicted molar refractivity (Wildman–Crippen MR) is 79.6 cm³/mol. The van der Waals surface area contributed by atoms with Gasteiger partial charge in [0.1, 0.15) is 5.75 Å². The quantitative estimate of drug-likeness (QED) is 0.557. The fourth-order valence-corrected chi connectivity index (χ4v) is 1.84. The second-order valence-electron chi connectivity index (χ2n) is 4.82. The number of carbonyl (C=O) groups is 1. The van der Waals surface area contributed by atoms with Gasteiger partial charge in [0, 0.05) is 12.5 Å². The fourth-order valence-electron chi connectivity index (χ4n) is 1.84. The van der Waals surface area contributed by atoms with E-state index in [1.54, 1.807) is 0 Å². The van der Waals surface area contributed by atoms with Gasteiger partial charge in [-0.3, -0.25) is 4.79 Å². The van der Waals surface area contributed by atoms with Crippen molar-refractivity contribution >= 4 is 5.97 Å². The molecule has 0 heterocycles. The van der Waals surface area contributed by atoms with Crippen molar-refractivity contribution in [1.82, 2.24) is 0 Å². The summed E-state index contributed by atoms with van der Waals surface area (Å²) in [4.78, 5) is 11.1. The van der Waals surface area contributed by atoms with Gasteiger partial charge in [0.2, 0.25) is 0 Å². The molecule has 20 heavy (non-hydrogen) atoms. The van der Waals surface area contributed by atoms with Gasteiger partial charge in [-0.1, -0.05) is 12.1 Å². The van der Waals surface area contributed by atoms with E-state index in [0.717, 1.165) is 30.6 Å². The number of rotatable bonds is 9. The lowest BCUT2D eigenvalue weighted by Crippen LogP contribution is -2.05. The molecule has 4 nitrogen and oxygen atoms in total. The van der Waals surface area contributed by atoms with E-state index >= 15 is 0 Å². The van der Waals surface area contributed by atoms with Crippen molar-refractivity contribution in [3.05, 3.63) is 29.8 Å². The summed E-state index contributed by atoms with van der Waals surface area (Å²) in [5, 5.41) is 0. The minimum absolute atomic E-state index is 0.0481. The van der Waals surface area contributed by atoms with E-state index in [0.29, 0.717) is 19.6 Å². The lowest BCUT2D eigenvalue weighted by atomic mass is 10.1. The molecule has 0 saturated heterocycles. The molecule has 1 aromatic rings. The minimum atomic E-state index is -0.111. The number of ether oxygens (including phenoxy) is 2. The maximum Gasteiger partial charge on any atom is 0.305 e. The van der Waals surface area contributed by atoms with Gasteiger partial charge in [0.25, 0.3) is 0 Å². The molecular formula is C16H25NO3. The molecule has 1 rings (SSSR count). The Hall–Kier alpha value is -1.55. The molecule has 0 aliphatic rings. The number of hydrogen-bond donors (Lipinski definition) is 1. The summed E-state index contributed by atoms with van der Waals surface area (Å²) in [5.74, 6) is 0.750. The summed E-state index contributed by atoms with van der Waals surface area (Å²) in [5.41, 5.74) is 6.89. The summed E-state index contributed by atoms with van der Waals surface area (Å²) >= 11 is 0. The first-order valence-electron chi connectivity index (χ1n) is 7.27. The smallest absolute Gasteiger partial charge is 0.305 e. The highest BCUT2D eigenvalue weighted by Crippen LogP contribution is 2.16. The molecule has 0 unspecified atom stereocenters. The third-order valence-corrected chi connectivity index (χ3v) is 3.01. The molecule has 0 saturated carbocycles. The normalized spacial score (nSPS) is 11.9. The van der Waals surface area contributed by atoms with E-state index in [9.17, 15) is 4.79 Å². The van der Waals surface area contributed by atoms with Crippen molar-refractivity contribution < 1.29 is 14.3 Å². The van der Waals surface area contributed by atoms with Crippen molar-refractivity contribution in [2.75, 3.05) is 13.2 Å². The lowest BCUT2D eigenvalue weighted by molar-refractivity contribution is -0.143. The van der Waals surface area contributed by atoms with Crippen molar-refractivity contribution in [2.45, 2.75) is 45.6 Å². The highest BCUT2D eigenvalue weighted by Gasteiger charge is 2.02. The summed E-state index contributed by atoms with van der Waals surface area (Å²) < 4.78 is 10.5. The van der Waals surface area contributed by atoms with E-state index < -0.39 is 0 Å². The Morgan fingerprint density at radius 3 is 2.50 bits per heavy atom. The van der Waals surface area contributed by atoms with Crippen molar-refractivity contribution in [3.8, 4) is 5.75 Å². The number of esters is 1. The van der Waals surface area contributed by atoms with Crippen LogP contribution in [0.5, 0.6) is 5.75 Å². The highest BCUT2D eigenvalue weighted by atomic mass is 16.5. The van der Waals surface area contributed by atoms with Gasteiger partial charge in [0.05, 0.1) is 13.2 Å². The first kappa shape index (κ1) is 16.5. The van der Waals surface area contributed by atoms with Crippen LogP contribution < -0.4 is 10.5 Å². The molecule has 0 fully saturated rings. The van der Waals surface area contributed by atoms with Crippen LogP contribution in [0.25, 0.3) is 0 Å². The number of nitrogens with two attached hydrogens (primary N) is 1. The Labute approximate surface area is 121 Å². The zero-order chi connectivity index (χ0) is 14.8. The van der Waals surface area contributed by atoms with E-state index in [1.165, 1.54) is 0 Å². The predicted octanol–water partition coefficient (Wildman–Crippen LogP) is 3.21. The van der Waals surface area contributed by atoms with E-state index in [2.05, 4.69) is 0 Å². The molecule has 0 spiro atoms. The molecule has 1 aromatic carbocycles. The van der Waals surface area contributed by atoms with Crippen LogP contribution in [0.4, 0.5) is 0 Å². The van der Waals surface area contributed by atoms with Crippen LogP contribution in [0.1, 0.15) is 51.1 Å². The monoisotopic (exact) mass is 279 g/mol. The summed E-state index contributed by atoms with van der Waals surface area (Å²) in [6.45, 7) is 4.90. The molecule has 2 N–H and O–H groups in total. The van der Waals surface area contributed by atoms with Crippen LogP contribution in [0.15, 0.2) is 24.3 Å². The van der Waals surface area contributed by atoms with Crippen LogP contribution in [0, 0.1) is 0 Å². The molecule has 0 aliphatic heterocycles. The SMILES string of the molecule is CCOC(=O)CCCCCOc1ccc([C@@H](C)N)cc1. The van der Waals surface area contributed by atoms with Crippen LogP contribution in [0.3, 0.4) is 0 Å². The second-order valence-corrected chi connectivity index (χ2v) is 4.82. The van der Waals surface area contributed by atoms with Crippen LogP contribution in [0.2, 0.25) is 0 Å². The van der Waals surface area contributed by atoms with Crippen LogP contribution in [-0.4, -0.2) is 19.2 Å². The summed E-state index contributed by atoms with van der Waals surface area (Å²) in [7, 11) is 0. The van der Waals surface area contributed by atoms with E-state index in [4.69, 9.17) is 15.2 Å². The molecule has 0 aromatic heterocycles.